The van der Waals surface area contributed by atoms with Gasteiger partial charge in [0.15, 0.2) is 0 Å². The predicted octanol–water partition coefficient (Wildman–Crippen LogP) is -0.265. The van der Waals surface area contributed by atoms with Crippen molar-refractivity contribution in [1.82, 2.24) is 0 Å². The van der Waals surface area contributed by atoms with Crippen molar-refractivity contribution in [3.63, 3.8) is 0 Å². The molecule has 0 fully saturated rings. The molecule has 0 bridgehead atoms. The minimum Gasteiger partial charge on any atom is -0.554 e. The van der Waals surface area contributed by atoms with Crippen LogP contribution in [0.25, 0.3) is 0 Å². The predicted molar refractivity (Wildman–Crippen MR) is 57.9 cm³/mol. The molecule has 0 atom stereocenters. The Labute approximate surface area is 114 Å². The van der Waals surface area contributed by atoms with E-state index in [0.29, 0.717) is 0 Å². The van der Waals surface area contributed by atoms with Crippen LogP contribution in [0.15, 0.2) is 48.6 Å². The first-order valence-electron chi connectivity index (χ1n) is 4.58. The van der Waals surface area contributed by atoms with Gasteiger partial charge in [-0.2, -0.15) is 0 Å². The van der Waals surface area contributed by atoms with E-state index in [2.05, 4.69) is 48.6 Å². The molecule has 2 aliphatic rings. The molecule has 0 aliphatic heterocycles. The van der Waals surface area contributed by atoms with Gasteiger partial charge in [-0.15, -0.1) is 0 Å². The molecule has 0 aromatic heterocycles. The van der Waals surface area contributed by atoms with E-state index in [0.717, 1.165) is 12.8 Å². The van der Waals surface area contributed by atoms with Gasteiger partial charge in [0.05, 0.1) is 0 Å². The van der Waals surface area contributed by atoms with Crippen LogP contribution in [0, 0.1) is 0 Å². The summed E-state index contributed by atoms with van der Waals surface area (Å²) in [4.78, 5) is 16.5. The van der Waals surface area contributed by atoms with Gasteiger partial charge in [-0.3, -0.25) is 0 Å². The number of allylic oxidation sites excluding steroid dienone is 8. The first-order chi connectivity index (χ1) is 7.83. The van der Waals surface area contributed by atoms with E-state index in [1.165, 1.54) is 0 Å². The van der Waals surface area contributed by atoms with E-state index < -0.39 is 12.9 Å². The van der Waals surface area contributed by atoms with E-state index >= 15 is 0 Å². The summed E-state index contributed by atoms with van der Waals surface area (Å²) in [6, 6.07) is 0. The third-order valence-corrected chi connectivity index (χ3v) is 1.31. The van der Waals surface area contributed by atoms with Gasteiger partial charge in [0.1, 0.15) is 0 Å². The Hall–Kier alpha value is -1.48. The van der Waals surface area contributed by atoms with Gasteiger partial charge in [0, 0.05) is 12.9 Å². The standard InChI is InChI=1S/2C5H6.2CH2O2.Zn/c2*1-2-4-5-3-1;2*2-1-3;/h2*1-4H,5H2;2*1H,(H,2,3);/q;;;;+2/p-2. The Bertz CT molecular complexity index is 220. The second-order valence-corrected chi connectivity index (χ2v) is 2.38. The second-order valence-electron chi connectivity index (χ2n) is 2.38. The van der Waals surface area contributed by atoms with Gasteiger partial charge in [-0.25, -0.2) is 0 Å². The van der Waals surface area contributed by atoms with Gasteiger partial charge < -0.3 is 19.8 Å². The van der Waals surface area contributed by atoms with E-state index in [-0.39, 0.29) is 19.5 Å². The Morgan fingerprint density at radius 3 is 0.941 bits per heavy atom. The van der Waals surface area contributed by atoms with Crippen molar-refractivity contribution >= 4 is 12.9 Å². The molecule has 0 unspecified atom stereocenters. The zero-order valence-corrected chi connectivity index (χ0v) is 12.5. The van der Waals surface area contributed by atoms with Crippen LogP contribution in [-0.4, -0.2) is 12.9 Å². The van der Waals surface area contributed by atoms with Crippen molar-refractivity contribution in [2.45, 2.75) is 12.8 Å². The van der Waals surface area contributed by atoms with Crippen molar-refractivity contribution < 1.29 is 39.3 Å². The molecule has 0 amide bonds. The Morgan fingerprint density at radius 2 is 0.882 bits per heavy atom. The van der Waals surface area contributed by atoms with Crippen LogP contribution in [0.3, 0.4) is 0 Å². The number of carbonyl (C=O) groups excluding carboxylic acids is 2. The summed E-state index contributed by atoms with van der Waals surface area (Å²) in [5.41, 5.74) is 0. The van der Waals surface area contributed by atoms with Crippen LogP contribution in [-0.2, 0) is 29.1 Å². The Kier molecular flexibility index (Phi) is 29.5. The summed E-state index contributed by atoms with van der Waals surface area (Å²) >= 11 is 0. The maximum absolute atomic E-state index is 8.25. The van der Waals surface area contributed by atoms with Crippen molar-refractivity contribution in [2.75, 3.05) is 0 Å². The molecule has 0 spiro atoms. The molecule has 17 heavy (non-hydrogen) atoms. The zero-order chi connectivity index (χ0) is 12.5. The average Bonchev–Trinajstić information content (AvgIpc) is 3.00. The quantitative estimate of drug-likeness (QED) is 0.454. The maximum Gasteiger partial charge on any atom is 2.00 e. The van der Waals surface area contributed by atoms with Crippen LogP contribution < -0.4 is 10.2 Å². The number of hydrogen-bond acceptors (Lipinski definition) is 4. The smallest absolute Gasteiger partial charge is 0.554 e. The minimum atomic E-state index is -0.500. The van der Waals surface area contributed by atoms with E-state index in [9.17, 15) is 0 Å². The fraction of sp³-hybridized carbons (Fsp3) is 0.167. The van der Waals surface area contributed by atoms with Crippen molar-refractivity contribution in [1.29, 1.82) is 0 Å². The summed E-state index contributed by atoms with van der Waals surface area (Å²) in [6.45, 7) is -1.00. The fourth-order valence-electron chi connectivity index (χ4n) is 0.786. The summed E-state index contributed by atoms with van der Waals surface area (Å²) in [6.07, 6.45) is 19.0. The maximum atomic E-state index is 8.25. The van der Waals surface area contributed by atoms with Crippen molar-refractivity contribution in [2.24, 2.45) is 0 Å². The van der Waals surface area contributed by atoms with Crippen molar-refractivity contribution in [3.05, 3.63) is 48.6 Å². The van der Waals surface area contributed by atoms with Crippen molar-refractivity contribution in [3.8, 4) is 0 Å². The van der Waals surface area contributed by atoms with Gasteiger partial charge in [0.2, 0.25) is 0 Å². The van der Waals surface area contributed by atoms with E-state index in [1.54, 1.807) is 0 Å². The van der Waals surface area contributed by atoms with Gasteiger partial charge in [-0.05, 0) is 12.8 Å². The second kappa shape index (κ2) is 24.0. The molecule has 0 saturated carbocycles. The fourth-order valence-corrected chi connectivity index (χ4v) is 0.786. The summed E-state index contributed by atoms with van der Waals surface area (Å²) in [7, 11) is 0. The van der Waals surface area contributed by atoms with Gasteiger partial charge in [-0.1, -0.05) is 48.6 Å². The first kappa shape index (κ1) is 20.9. The van der Waals surface area contributed by atoms with Crippen LogP contribution in [0.1, 0.15) is 12.8 Å². The molecule has 4 nitrogen and oxygen atoms in total. The monoisotopic (exact) mass is 286 g/mol. The molecule has 0 aromatic carbocycles. The van der Waals surface area contributed by atoms with Gasteiger partial charge in [0.25, 0.3) is 0 Å². The molecule has 2 aliphatic carbocycles. The van der Waals surface area contributed by atoms with Crippen LogP contribution in [0.5, 0.6) is 0 Å². The number of carboxylic acid groups (broad SMARTS) is 2. The summed E-state index contributed by atoms with van der Waals surface area (Å²) in [5, 5.41) is 16.5. The molecule has 0 aromatic rings. The summed E-state index contributed by atoms with van der Waals surface area (Å²) < 4.78 is 0. The molecule has 2 rings (SSSR count). The average molecular weight is 288 g/mol. The van der Waals surface area contributed by atoms with Crippen LogP contribution >= 0.6 is 0 Å². The molecule has 5 heteroatoms. The summed E-state index contributed by atoms with van der Waals surface area (Å²) in [5.74, 6) is 0. The first-order valence-corrected chi connectivity index (χ1v) is 4.58. The zero-order valence-electron chi connectivity index (χ0n) is 9.53. The number of carbonyl (C=O) groups is 2. The minimum absolute atomic E-state index is 0. The number of hydrogen-bond donors (Lipinski definition) is 0. The molecular formula is C12H14O4Zn. The topological polar surface area (TPSA) is 80.3 Å². The Morgan fingerprint density at radius 1 is 0.706 bits per heavy atom. The molecule has 88 valence electrons. The third kappa shape index (κ3) is 31.4. The molecule has 0 heterocycles. The molecule has 0 N–H and O–H groups in total. The molecule has 0 radical (unpaired) electrons. The normalized spacial score (nSPS) is 11.8. The Balaban J connectivity index is -0.000000157. The van der Waals surface area contributed by atoms with Crippen LogP contribution in [0.4, 0.5) is 0 Å². The van der Waals surface area contributed by atoms with E-state index in [1.807, 2.05) is 0 Å². The van der Waals surface area contributed by atoms with Gasteiger partial charge >= 0.3 is 19.5 Å². The molecule has 0 saturated heterocycles. The molecular weight excluding hydrogens is 274 g/mol. The van der Waals surface area contributed by atoms with E-state index in [4.69, 9.17) is 19.8 Å². The van der Waals surface area contributed by atoms with Crippen LogP contribution in [0.2, 0.25) is 0 Å². The largest absolute Gasteiger partial charge is 2.00 e. The third-order valence-electron chi connectivity index (χ3n) is 1.31. The SMILES string of the molecule is C1=CCC=C1.C1=CCC=C1.O=C[O-].O=C[O-].[Zn+2]. The number of rotatable bonds is 0.